The zero-order chi connectivity index (χ0) is 12.3. The van der Waals surface area contributed by atoms with Crippen molar-refractivity contribution in [1.29, 1.82) is 0 Å². The van der Waals surface area contributed by atoms with Crippen LogP contribution in [0.3, 0.4) is 0 Å². The molecule has 1 heteroatoms. The van der Waals surface area contributed by atoms with E-state index in [0.717, 1.165) is 11.8 Å². The smallest absolute Gasteiger partial charge is 0.00453 e. The topological polar surface area (TPSA) is 0 Å². The summed E-state index contributed by atoms with van der Waals surface area (Å²) in [5.74, 6) is 1.81. The van der Waals surface area contributed by atoms with Gasteiger partial charge in [0, 0.05) is 4.88 Å². The predicted molar refractivity (Wildman–Crippen MR) is 77.5 cm³/mol. The third-order valence-corrected chi connectivity index (χ3v) is 5.82. The van der Waals surface area contributed by atoms with Gasteiger partial charge in [-0.15, -0.1) is 11.3 Å². The second-order valence-electron chi connectivity index (χ2n) is 6.39. The van der Waals surface area contributed by atoms with Crippen LogP contribution >= 0.6 is 11.3 Å². The van der Waals surface area contributed by atoms with Gasteiger partial charge in [-0.2, -0.15) is 0 Å². The molecule has 1 aliphatic rings. The van der Waals surface area contributed by atoms with Gasteiger partial charge < -0.3 is 0 Å². The molecule has 0 aliphatic heterocycles. The van der Waals surface area contributed by atoms with Crippen LogP contribution in [-0.2, 0) is 6.42 Å². The van der Waals surface area contributed by atoms with Crippen LogP contribution in [0.2, 0.25) is 0 Å². The van der Waals surface area contributed by atoms with Crippen LogP contribution in [0, 0.1) is 17.3 Å². The Kier molecular flexibility index (Phi) is 4.30. The molecule has 2 atom stereocenters. The Labute approximate surface area is 110 Å². The van der Waals surface area contributed by atoms with Crippen molar-refractivity contribution >= 4 is 11.3 Å². The Balaban J connectivity index is 1.85. The molecule has 1 heterocycles. The predicted octanol–water partition coefficient (Wildman–Crippen LogP) is 5.53. The second kappa shape index (κ2) is 5.56. The lowest BCUT2D eigenvalue weighted by molar-refractivity contribution is 0.0982. The molecule has 0 N–H and O–H groups in total. The maximum absolute atomic E-state index is 2.51. The Bertz CT molecular complexity index is 325. The summed E-state index contributed by atoms with van der Waals surface area (Å²) in [6.45, 7) is 7.32. The summed E-state index contributed by atoms with van der Waals surface area (Å²) in [6.07, 6.45) is 8.52. The van der Waals surface area contributed by atoms with Gasteiger partial charge in [0.25, 0.3) is 0 Å². The van der Waals surface area contributed by atoms with E-state index in [9.17, 15) is 0 Å². The molecular weight excluding hydrogens is 224 g/mol. The summed E-state index contributed by atoms with van der Waals surface area (Å²) >= 11 is 1.92. The Morgan fingerprint density at radius 1 is 1.47 bits per heavy atom. The van der Waals surface area contributed by atoms with Crippen molar-refractivity contribution in [3.05, 3.63) is 22.4 Å². The van der Waals surface area contributed by atoms with E-state index in [2.05, 4.69) is 38.3 Å². The fourth-order valence-corrected chi connectivity index (χ4v) is 3.95. The highest BCUT2D eigenvalue weighted by Gasteiger charge is 2.34. The fourth-order valence-electron chi connectivity index (χ4n) is 3.23. The van der Waals surface area contributed by atoms with E-state index < -0.39 is 0 Å². The van der Waals surface area contributed by atoms with Gasteiger partial charge in [-0.1, -0.05) is 39.7 Å². The van der Waals surface area contributed by atoms with Crippen LogP contribution in [0.15, 0.2) is 17.5 Å². The first-order valence-corrected chi connectivity index (χ1v) is 8.00. The lowest BCUT2D eigenvalue weighted by Gasteiger charge is -2.41. The van der Waals surface area contributed by atoms with Crippen molar-refractivity contribution in [2.75, 3.05) is 0 Å². The summed E-state index contributed by atoms with van der Waals surface area (Å²) in [6, 6.07) is 4.47. The Hall–Kier alpha value is -0.300. The number of aryl methyl sites for hydroxylation is 1. The molecule has 0 amide bonds. The minimum Gasteiger partial charge on any atom is -0.149 e. The molecule has 96 valence electrons. The number of hydrogen-bond donors (Lipinski definition) is 0. The quantitative estimate of drug-likeness (QED) is 0.659. The zero-order valence-electron chi connectivity index (χ0n) is 11.5. The normalized spacial score (nSPS) is 29.8. The minimum absolute atomic E-state index is 0.609. The van der Waals surface area contributed by atoms with Crippen LogP contribution in [0.25, 0.3) is 0 Å². The number of hydrogen-bond acceptors (Lipinski definition) is 1. The van der Waals surface area contributed by atoms with Gasteiger partial charge in [0.05, 0.1) is 0 Å². The molecule has 1 aromatic heterocycles. The van der Waals surface area contributed by atoms with Gasteiger partial charge in [0.2, 0.25) is 0 Å². The summed E-state index contributed by atoms with van der Waals surface area (Å²) in [5.41, 5.74) is 0.609. The molecule has 17 heavy (non-hydrogen) atoms. The summed E-state index contributed by atoms with van der Waals surface area (Å²) in [4.78, 5) is 1.57. The van der Waals surface area contributed by atoms with Crippen LogP contribution < -0.4 is 0 Å². The van der Waals surface area contributed by atoms with E-state index in [-0.39, 0.29) is 0 Å². The van der Waals surface area contributed by atoms with Gasteiger partial charge in [-0.25, -0.2) is 0 Å². The summed E-state index contributed by atoms with van der Waals surface area (Å²) in [7, 11) is 0. The fraction of sp³-hybridized carbons (Fsp3) is 0.750. The first kappa shape index (κ1) is 13.1. The highest BCUT2D eigenvalue weighted by atomic mass is 32.1. The van der Waals surface area contributed by atoms with E-state index in [0.29, 0.717) is 5.41 Å². The van der Waals surface area contributed by atoms with E-state index in [1.807, 2.05) is 11.3 Å². The third-order valence-electron chi connectivity index (χ3n) is 4.89. The average molecular weight is 250 g/mol. The second-order valence-corrected chi connectivity index (χ2v) is 7.42. The number of thiophene rings is 1. The van der Waals surface area contributed by atoms with Gasteiger partial charge in [0.15, 0.2) is 0 Å². The van der Waals surface area contributed by atoms with E-state index in [1.165, 1.54) is 38.5 Å². The Morgan fingerprint density at radius 2 is 2.29 bits per heavy atom. The molecule has 0 spiro atoms. The molecule has 2 unspecified atom stereocenters. The molecule has 1 aromatic rings. The molecule has 0 radical (unpaired) electrons. The molecule has 2 rings (SSSR count). The van der Waals surface area contributed by atoms with Gasteiger partial charge >= 0.3 is 0 Å². The zero-order valence-corrected chi connectivity index (χ0v) is 12.4. The summed E-state index contributed by atoms with van der Waals surface area (Å²) < 4.78 is 0. The molecule has 0 aromatic carbocycles. The molecule has 1 fully saturated rings. The van der Waals surface area contributed by atoms with E-state index >= 15 is 0 Å². The largest absolute Gasteiger partial charge is 0.149 e. The monoisotopic (exact) mass is 250 g/mol. The standard InChI is InChI=1S/C16H26S/c1-13(2)16(3)10-4-6-14(12-16)8-9-15-7-5-11-17-15/h5,7,11,13-14H,4,6,8-10,12H2,1-3H3. The van der Waals surface area contributed by atoms with Crippen molar-refractivity contribution in [2.45, 2.75) is 59.3 Å². The first-order valence-electron chi connectivity index (χ1n) is 7.12. The molecule has 0 bridgehead atoms. The molecule has 1 saturated carbocycles. The van der Waals surface area contributed by atoms with Gasteiger partial charge in [-0.05, 0) is 54.4 Å². The highest BCUT2D eigenvalue weighted by molar-refractivity contribution is 7.09. The minimum atomic E-state index is 0.609. The summed E-state index contributed by atoms with van der Waals surface area (Å²) in [5, 5.41) is 2.20. The maximum Gasteiger partial charge on any atom is 0.00453 e. The lowest BCUT2D eigenvalue weighted by Crippen LogP contribution is -2.30. The lowest BCUT2D eigenvalue weighted by atomic mass is 9.64. The number of rotatable bonds is 4. The van der Waals surface area contributed by atoms with Crippen LogP contribution in [0.4, 0.5) is 0 Å². The van der Waals surface area contributed by atoms with E-state index in [1.54, 1.807) is 4.88 Å². The molecule has 1 aliphatic carbocycles. The molecular formula is C16H26S. The third kappa shape index (κ3) is 3.34. The maximum atomic E-state index is 2.51. The van der Waals surface area contributed by atoms with Crippen molar-refractivity contribution in [3.8, 4) is 0 Å². The van der Waals surface area contributed by atoms with Crippen LogP contribution in [-0.4, -0.2) is 0 Å². The van der Waals surface area contributed by atoms with Crippen LogP contribution in [0.5, 0.6) is 0 Å². The van der Waals surface area contributed by atoms with Gasteiger partial charge in [0.1, 0.15) is 0 Å². The highest BCUT2D eigenvalue weighted by Crippen LogP contribution is 2.45. The van der Waals surface area contributed by atoms with E-state index in [4.69, 9.17) is 0 Å². The van der Waals surface area contributed by atoms with Gasteiger partial charge in [-0.3, -0.25) is 0 Å². The molecule has 0 nitrogen and oxygen atoms in total. The Morgan fingerprint density at radius 3 is 2.94 bits per heavy atom. The first-order chi connectivity index (χ1) is 8.10. The van der Waals surface area contributed by atoms with Crippen LogP contribution in [0.1, 0.15) is 57.8 Å². The average Bonchev–Trinajstić information content (AvgIpc) is 2.79. The SMILES string of the molecule is CC(C)C1(C)CCCC(CCc2cccs2)C1. The van der Waals surface area contributed by atoms with Crippen molar-refractivity contribution < 1.29 is 0 Å². The van der Waals surface area contributed by atoms with Crippen molar-refractivity contribution in [2.24, 2.45) is 17.3 Å². The molecule has 0 saturated heterocycles. The van der Waals surface area contributed by atoms with Crippen molar-refractivity contribution in [3.63, 3.8) is 0 Å². The van der Waals surface area contributed by atoms with Crippen molar-refractivity contribution in [1.82, 2.24) is 0 Å².